The van der Waals surface area contributed by atoms with Crippen molar-refractivity contribution in [2.45, 2.75) is 64.3 Å². The quantitative estimate of drug-likeness (QED) is 0.104. The highest BCUT2D eigenvalue weighted by Gasteiger charge is 2.32. The lowest BCUT2D eigenvalue weighted by atomic mass is 9.91. The number of aromatic nitrogens is 4. The van der Waals surface area contributed by atoms with Crippen molar-refractivity contribution in [2.24, 2.45) is 12.1 Å². The topological polar surface area (TPSA) is 185 Å². The number of aryl methyl sites for hydroxylation is 1. The smallest absolute Gasteiger partial charge is 0.236 e. The van der Waals surface area contributed by atoms with Gasteiger partial charge in [0.05, 0.1) is 41.2 Å². The van der Waals surface area contributed by atoms with Gasteiger partial charge in [-0.1, -0.05) is 26.8 Å². The van der Waals surface area contributed by atoms with Gasteiger partial charge in [-0.2, -0.15) is 10.2 Å². The first-order chi connectivity index (χ1) is 31.9. The van der Waals surface area contributed by atoms with Crippen molar-refractivity contribution in [2.75, 3.05) is 69.6 Å². The fraction of sp³-hybridized carbons (Fsp3) is 0.435. The van der Waals surface area contributed by atoms with Crippen LogP contribution >= 0.6 is 12.1 Å². The van der Waals surface area contributed by atoms with Crippen molar-refractivity contribution >= 4 is 70.5 Å². The second kappa shape index (κ2) is 21.8. The van der Waals surface area contributed by atoms with Gasteiger partial charge >= 0.3 is 0 Å². The summed E-state index contributed by atoms with van der Waals surface area (Å²) in [5.41, 5.74) is 6.03. The summed E-state index contributed by atoms with van der Waals surface area (Å²) in [5, 5.41) is 15.7. The molecule has 0 bridgehead atoms. The van der Waals surface area contributed by atoms with Crippen molar-refractivity contribution in [3.8, 4) is 0 Å². The summed E-state index contributed by atoms with van der Waals surface area (Å²) in [4.78, 5) is 66.0. The molecule has 2 aromatic heterocycles. The van der Waals surface area contributed by atoms with Gasteiger partial charge in [0.25, 0.3) is 0 Å². The Morgan fingerprint density at radius 1 is 1.06 bits per heavy atom. The molecule has 4 N–H and O–H groups in total. The zero-order valence-corrected chi connectivity index (χ0v) is 38.6. The van der Waals surface area contributed by atoms with E-state index in [1.165, 1.54) is 24.5 Å². The first kappa shape index (κ1) is 47.7. The van der Waals surface area contributed by atoms with E-state index >= 15 is 8.78 Å². The lowest BCUT2D eigenvalue weighted by Crippen LogP contribution is -2.52. The van der Waals surface area contributed by atoms with E-state index in [0.29, 0.717) is 74.9 Å². The van der Waals surface area contributed by atoms with Crippen LogP contribution in [0.4, 0.5) is 20.4 Å². The second-order valence-electron chi connectivity index (χ2n) is 16.7. The number of carbonyl (C=O) groups excluding carboxylic acids is 4. The van der Waals surface area contributed by atoms with Gasteiger partial charge in [-0.25, -0.2) is 23.1 Å². The number of ketones is 1. The number of benzene rings is 1. The van der Waals surface area contributed by atoms with Crippen LogP contribution in [0.3, 0.4) is 0 Å². The molecule has 1 aromatic carbocycles. The molecule has 0 radical (unpaired) electrons. The number of hydrogen-bond acceptors (Lipinski definition) is 15. The Balaban J connectivity index is 0.883. The lowest BCUT2D eigenvalue weighted by Gasteiger charge is -2.37. The van der Waals surface area contributed by atoms with E-state index in [0.717, 1.165) is 48.9 Å². The summed E-state index contributed by atoms with van der Waals surface area (Å²) < 4.78 is 37.2. The van der Waals surface area contributed by atoms with Gasteiger partial charge < -0.3 is 19.8 Å². The summed E-state index contributed by atoms with van der Waals surface area (Å²) in [7, 11) is 3.68. The Kier molecular flexibility index (Phi) is 15.8. The molecule has 2 fully saturated rings. The van der Waals surface area contributed by atoms with Crippen molar-refractivity contribution in [3.63, 3.8) is 0 Å². The average Bonchev–Trinajstić information content (AvgIpc) is 3.64. The molecule has 7 rings (SSSR count). The number of allylic oxidation sites excluding steroid dienone is 8. The van der Waals surface area contributed by atoms with Gasteiger partial charge in [0, 0.05) is 124 Å². The minimum absolute atomic E-state index is 0.0365. The highest BCUT2D eigenvalue weighted by atomic mass is 32.2. The number of piperidine rings is 1. The first-order valence-electron chi connectivity index (χ1n) is 22.3. The van der Waals surface area contributed by atoms with Crippen molar-refractivity contribution < 1.29 is 28.0 Å². The predicted octanol–water partition coefficient (Wildman–Crippen LogP) is 5.03. The zero-order chi connectivity index (χ0) is 46.9. The molecule has 66 heavy (non-hydrogen) atoms. The maximum absolute atomic E-state index is 15.6. The van der Waals surface area contributed by atoms with E-state index in [-0.39, 0.29) is 47.5 Å². The van der Waals surface area contributed by atoms with Gasteiger partial charge in [0.1, 0.15) is 5.83 Å². The van der Waals surface area contributed by atoms with Crippen molar-refractivity contribution in [3.05, 3.63) is 94.8 Å². The van der Waals surface area contributed by atoms with E-state index in [9.17, 15) is 19.2 Å². The molecule has 1 unspecified atom stereocenters. The van der Waals surface area contributed by atoms with Crippen LogP contribution in [0, 0.1) is 0 Å². The van der Waals surface area contributed by atoms with Gasteiger partial charge in [-0.3, -0.25) is 39.5 Å². The normalized spacial score (nSPS) is 19.4. The van der Waals surface area contributed by atoms with Crippen molar-refractivity contribution in [1.29, 1.82) is 0 Å². The minimum atomic E-state index is -0.929. The van der Waals surface area contributed by atoms with Crippen LogP contribution in [-0.4, -0.2) is 130 Å². The molecule has 20 heteroatoms. The summed E-state index contributed by atoms with van der Waals surface area (Å²) in [6, 6.07) is 6.27. The van der Waals surface area contributed by atoms with Crippen molar-refractivity contribution in [1.82, 2.24) is 49.3 Å². The summed E-state index contributed by atoms with van der Waals surface area (Å²) in [5.74, 6) is -2.86. The van der Waals surface area contributed by atoms with E-state index in [4.69, 9.17) is 0 Å². The Labute approximate surface area is 387 Å². The third-order valence-electron chi connectivity index (χ3n) is 12.3. The number of hydrazone groups is 1. The number of fused-ring (bicyclic) bond motifs is 1. The third-order valence-corrected chi connectivity index (χ3v) is 13.2. The van der Waals surface area contributed by atoms with Crippen LogP contribution in [-0.2, 0) is 26.2 Å². The number of hydrogen-bond donors (Lipinski definition) is 4. The molecule has 3 aliphatic heterocycles. The molecular formula is C46H57F2N13O4S. The number of nitrogens with zero attached hydrogens (tertiary/aromatic N) is 9. The summed E-state index contributed by atoms with van der Waals surface area (Å²) in [6.45, 7) is 12.8. The number of imide groups is 1. The predicted molar refractivity (Wildman–Crippen MR) is 253 cm³/mol. The maximum Gasteiger partial charge on any atom is 0.236 e. The highest BCUT2D eigenvalue weighted by molar-refractivity contribution is 7.95. The fourth-order valence-corrected chi connectivity index (χ4v) is 8.97. The summed E-state index contributed by atoms with van der Waals surface area (Å²) >= 11 is 1.17. The number of halogens is 2. The largest absolute Gasteiger partial charge is 0.382 e. The number of anilines is 2. The molecule has 0 saturated carbocycles. The molecule has 3 amide bonds. The Morgan fingerprint density at radius 3 is 2.50 bits per heavy atom. The van der Waals surface area contributed by atoms with Crippen LogP contribution in [0.25, 0.3) is 16.5 Å². The molecule has 3 aromatic rings. The van der Waals surface area contributed by atoms with Crippen LogP contribution in [0.2, 0.25) is 0 Å². The zero-order valence-electron chi connectivity index (χ0n) is 37.8. The minimum Gasteiger partial charge on any atom is -0.382 e. The maximum atomic E-state index is 15.6. The standard InChI is InChI=1S/C46H57F2N13O4S/c1-6-8-35(45(65)51-28-62)43-34-10-9-33(22-39(34)58(5)55-43)54-32-13-15-59(16-14-32)27-40(63)60-17-19-61(20-18-60)46-49-23-31(24-50-46)30-21-29(3)36(26-53-52-25-30)44(64)41-37(47)11-12-38(42(41)48)56-66-57(4)7-2/h9-10,21-26,28,32,35,53-54,56H,3,6-8,11-20,27H2,1-2,4-5H3,(H,51,62,65)/b30-21+,36-26?,52-25-. The third kappa shape index (κ3) is 11.0. The Morgan fingerprint density at radius 2 is 1.80 bits per heavy atom. The number of piperazine rings is 1. The van der Waals surface area contributed by atoms with Gasteiger partial charge in [-0.15, -0.1) is 0 Å². The van der Waals surface area contributed by atoms with E-state index in [1.54, 1.807) is 23.2 Å². The molecule has 1 atom stereocenters. The van der Waals surface area contributed by atoms with Crippen LogP contribution in [0.1, 0.15) is 69.5 Å². The number of likely N-dealkylation sites (tertiary alicyclic amines) is 1. The molecule has 17 nitrogen and oxygen atoms in total. The monoisotopic (exact) mass is 925 g/mol. The molecule has 350 valence electrons. The van der Waals surface area contributed by atoms with Gasteiger partial charge in [-0.05, 0) is 62.6 Å². The average molecular weight is 926 g/mol. The van der Waals surface area contributed by atoms with Crippen LogP contribution in [0.5, 0.6) is 0 Å². The highest BCUT2D eigenvalue weighted by Crippen LogP contribution is 2.36. The van der Waals surface area contributed by atoms with E-state index < -0.39 is 28.9 Å². The number of nitrogens with one attached hydrogen (secondary N) is 4. The van der Waals surface area contributed by atoms with Crippen LogP contribution in [0.15, 0.2) is 88.6 Å². The Bertz CT molecular complexity index is 2490. The molecule has 5 heterocycles. The van der Waals surface area contributed by atoms with E-state index in [1.807, 2.05) is 60.2 Å². The van der Waals surface area contributed by atoms with Gasteiger partial charge in [0.15, 0.2) is 5.83 Å². The SMILES string of the molecule is C=C1/C=C(c2cnc(N3CCN(C(=O)CN4CCC(Nc5ccc6c(C(CCC)C(=O)NC=O)nn(C)c6c5)CC4)CC3)nc2)\C=N/NC=C1C(=O)C1=C(F)CCC(NSN(C)CC)=C1F. The summed E-state index contributed by atoms with van der Waals surface area (Å²) in [6.07, 6.45) is 11.2. The molecule has 0 spiro atoms. The fourth-order valence-electron chi connectivity index (χ4n) is 8.39. The molecule has 2 saturated heterocycles. The first-order valence-corrected chi connectivity index (χ1v) is 23.1. The number of Topliss-reactive ketones (excluding diaryl/α,β-unsaturated/α-hetero) is 1. The molecule has 1 aliphatic carbocycles. The lowest BCUT2D eigenvalue weighted by molar-refractivity contribution is -0.133. The van der Waals surface area contributed by atoms with Gasteiger partial charge in [0.2, 0.25) is 30.0 Å². The van der Waals surface area contributed by atoms with Crippen LogP contribution < -0.4 is 25.7 Å². The molecular weight excluding hydrogens is 869 g/mol. The number of carbonyl (C=O) groups is 4. The van der Waals surface area contributed by atoms with E-state index in [2.05, 4.69) is 52.4 Å². The Hall–Kier alpha value is -6.25. The molecule has 4 aliphatic rings. The second-order valence-corrected chi connectivity index (χ2v) is 17.7. The number of rotatable bonds is 17. The number of amides is 3.